The lowest BCUT2D eigenvalue weighted by Crippen LogP contribution is -2.18. The quantitative estimate of drug-likeness (QED) is 0.363. The molecule has 0 spiro atoms. The fourth-order valence-electron chi connectivity index (χ4n) is 3.12. The number of benzene rings is 3. The zero-order valence-corrected chi connectivity index (χ0v) is 17.6. The first-order chi connectivity index (χ1) is 15.5. The molecule has 3 aromatic carbocycles. The van der Waals surface area contributed by atoms with Crippen LogP contribution in [0.25, 0.3) is 11.3 Å². The van der Waals surface area contributed by atoms with Crippen molar-refractivity contribution in [1.29, 1.82) is 0 Å². The van der Waals surface area contributed by atoms with E-state index in [9.17, 15) is 18.0 Å². The number of anilines is 1. The highest BCUT2D eigenvalue weighted by molar-refractivity contribution is 8.00. The molecule has 0 unspecified atom stereocenters. The smallest absolute Gasteiger partial charge is 0.235 e. The molecular weight excluding hydrogens is 435 g/mol. The Labute approximate surface area is 187 Å². The van der Waals surface area contributed by atoms with Crippen molar-refractivity contribution < 1.29 is 18.0 Å². The largest absolute Gasteiger partial charge is 0.312 e. The number of aromatic nitrogens is 2. The predicted octanol–water partition coefficient (Wildman–Crippen LogP) is 5.75. The standard InChI is InChI=1S/C24H18F3N3OS/c25-18-8-6-17(7-9-18)23-24(30(15-28-23)13-16-4-2-1-3-5-16)29-22(31)14-32-19-10-11-20(26)21(27)12-19/h1-12,15H,13-14H2,(H,29,31). The third kappa shape index (κ3) is 5.20. The number of amides is 1. The lowest BCUT2D eigenvalue weighted by atomic mass is 10.1. The van der Waals surface area contributed by atoms with Gasteiger partial charge < -0.3 is 9.88 Å². The molecule has 0 bridgehead atoms. The van der Waals surface area contributed by atoms with Gasteiger partial charge in [0.15, 0.2) is 11.6 Å². The second-order valence-electron chi connectivity index (χ2n) is 6.97. The Morgan fingerprint density at radius 1 is 0.938 bits per heavy atom. The van der Waals surface area contributed by atoms with E-state index in [1.54, 1.807) is 23.0 Å². The summed E-state index contributed by atoms with van der Waals surface area (Å²) in [5.74, 6) is -2.15. The lowest BCUT2D eigenvalue weighted by molar-refractivity contribution is -0.113. The van der Waals surface area contributed by atoms with Gasteiger partial charge in [-0.2, -0.15) is 0 Å². The van der Waals surface area contributed by atoms with E-state index in [1.165, 1.54) is 18.2 Å². The van der Waals surface area contributed by atoms with Crippen LogP contribution in [-0.2, 0) is 11.3 Å². The molecule has 0 saturated carbocycles. The first-order valence-electron chi connectivity index (χ1n) is 9.72. The zero-order valence-electron chi connectivity index (χ0n) is 16.8. The summed E-state index contributed by atoms with van der Waals surface area (Å²) in [5, 5.41) is 2.87. The summed E-state index contributed by atoms with van der Waals surface area (Å²) in [5.41, 5.74) is 2.18. The van der Waals surface area contributed by atoms with Gasteiger partial charge in [0.2, 0.25) is 5.91 Å². The minimum absolute atomic E-state index is 0.00948. The molecular formula is C24H18F3N3OS. The van der Waals surface area contributed by atoms with Crippen LogP contribution < -0.4 is 5.32 Å². The van der Waals surface area contributed by atoms with Crippen LogP contribution in [0.4, 0.5) is 19.0 Å². The molecule has 4 rings (SSSR count). The molecule has 1 heterocycles. The molecule has 4 nitrogen and oxygen atoms in total. The number of imidazole rings is 1. The zero-order chi connectivity index (χ0) is 22.5. The average molecular weight is 453 g/mol. The monoisotopic (exact) mass is 453 g/mol. The molecule has 1 aromatic heterocycles. The molecule has 0 saturated heterocycles. The summed E-state index contributed by atoms with van der Waals surface area (Å²) in [6, 6.07) is 19.0. The molecule has 0 fully saturated rings. The minimum Gasteiger partial charge on any atom is -0.312 e. The Morgan fingerprint density at radius 2 is 1.69 bits per heavy atom. The van der Waals surface area contributed by atoms with Gasteiger partial charge in [0.25, 0.3) is 0 Å². The number of nitrogens with one attached hydrogen (secondary N) is 1. The highest BCUT2D eigenvalue weighted by atomic mass is 32.2. The maximum atomic E-state index is 13.4. The Bertz CT molecular complexity index is 1230. The van der Waals surface area contributed by atoms with Gasteiger partial charge >= 0.3 is 0 Å². The minimum atomic E-state index is -0.963. The average Bonchev–Trinajstić information content (AvgIpc) is 3.17. The lowest BCUT2D eigenvalue weighted by Gasteiger charge is -2.12. The van der Waals surface area contributed by atoms with Gasteiger partial charge in [0, 0.05) is 10.5 Å². The molecule has 0 aliphatic heterocycles. The normalized spacial score (nSPS) is 10.8. The molecule has 0 aliphatic carbocycles. The van der Waals surface area contributed by atoms with Gasteiger partial charge in [-0.1, -0.05) is 30.3 Å². The van der Waals surface area contributed by atoms with Crippen LogP contribution in [0, 0.1) is 17.5 Å². The maximum Gasteiger partial charge on any atom is 0.235 e. The van der Waals surface area contributed by atoms with Gasteiger partial charge in [-0.15, -0.1) is 11.8 Å². The summed E-state index contributed by atoms with van der Waals surface area (Å²) in [7, 11) is 0. The summed E-state index contributed by atoms with van der Waals surface area (Å²) < 4.78 is 41.7. The third-order valence-electron chi connectivity index (χ3n) is 4.67. The molecule has 1 amide bonds. The molecule has 162 valence electrons. The number of rotatable bonds is 7. The molecule has 0 radical (unpaired) electrons. The van der Waals surface area contributed by atoms with Crippen molar-refractivity contribution in [3.05, 3.63) is 102 Å². The fraction of sp³-hybridized carbons (Fsp3) is 0.0833. The Balaban J connectivity index is 1.56. The first kappa shape index (κ1) is 21.7. The van der Waals surface area contributed by atoms with Crippen LogP contribution in [-0.4, -0.2) is 21.2 Å². The number of carbonyl (C=O) groups excluding carboxylic acids is 1. The van der Waals surface area contributed by atoms with Crippen LogP contribution in [0.3, 0.4) is 0 Å². The third-order valence-corrected chi connectivity index (χ3v) is 5.66. The highest BCUT2D eigenvalue weighted by Crippen LogP contribution is 2.28. The SMILES string of the molecule is O=C(CSc1ccc(F)c(F)c1)Nc1c(-c2ccc(F)cc2)ncn1Cc1ccccc1. The summed E-state index contributed by atoms with van der Waals surface area (Å²) in [6.45, 7) is 0.473. The van der Waals surface area contributed by atoms with E-state index < -0.39 is 11.6 Å². The highest BCUT2D eigenvalue weighted by Gasteiger charge is 2.17. The summed E-state index contributed by atoms with van der Waals surface area (Å²) in [6.07, 6.45) is 1.61. The molecule has 4 aromatic rings. The van der Waals surface area contributed by atoms with Crippen molar-refractivity contribution in [3.63, 3.8) is 0 Å². The van der Waals surface area contributed by atoms with Crippen LogP contribution in [0.15, 0.2) is 84.0 Å². The van der Waals surface area contributed by atoms with E-state index in [2.05, 4.69) is 10.3 Å². The fourth-order valence-corrected chi connectivity index (χ4v) is 3.84. The number of hydrogen-bond acceptors (Lipinski definition) is 3. The van der Waals surface area contributed by atoms with Crippen LogP contribution >= 0.6 is 11.8 Å². The maximum absolute atomic E-state index is 13.4. The Hall–Kier alpha value is -3.52. The van der Waals surface area contributed by atoms with E-state index >= 15 is 0 Å². The van der Waals surface area contributed by atoms with Gasteiger partial charge in [-0.3, -0.25) is 4.79 Å². The number of carbonyl (C=O) groups is 1. The molecule has 8 heteroatoms. The molecule has 0 aliphatic rings. The topological polar surface area (TPSA) is 46.9 Å². The van der Waals surface area contributed by atoms with Crippen molar-refractivity contribution >= 4 is 23.5 Å². The van der Waals surface area contributed by atoms with Crippen molar-refractivity contribution in [1.82, 2.24) is 9.55 Å². The second-order valence-corrected chi connectivity index (χ2v) is 8.02. The van der Waals surface area contributed by atoms with E-state index in [4.69, 9.17) is 0 Å². The number of nitrogens with zero attached hydrogens (tertiary/aromatic N) is 2. The van der Waals surface area contributed by atoms with Crippen molar-refractivity contribution in [3.8, 4) is 11.3 Å². The predicted molar refractivity (Wildman–Crippen MR) is 119 cm³/mol. The summed E-state index contributed by atoms with van der Waals surface area (Å²) in [4.78, 5) is 17.6. The second kappa shape index (κ2) is 9.74. The number of halogens is 3. The summed E-state index contributed by atoms with van der Waals surface area (Å²) >= 11 is 1.09. The van der Waals surface area contributed by atoms with Crippen LogP contribution in [0.2, 0.25) is 0 Å². The van der Waals surface area contributed by atoms with Gasteiger partial charge in [-0.05, 0) is 48.0 Å². The van der Waals surface area contributed by atoms with Crippen LogP contribution in [0.1, 0.15) is 5.56 Å². The van der Waals surface area contributed by atoms with Gasteiger partial charge in [0.1, 0.15) is 17.3 Å². The van der Waals surface area contributed by atoms with Crippen molar-refractivity contribution in [2.75, 3.05) is 11.1 Å². The molecule has 0 atom stereocenters. The van der Waals surface area contributed by atoms with Crippen LogP contribution in [0.5, 0.6) is 0 Å². The molecule has 1 N–H and O–H groups in total. The van der Waals surface area contributed by atoms with E-state index in [0.717, 1.165) is 29.5 Å². The van der Waals surface area contributed by atoms with E-state index in [1.807, 2.05) is 30.3 Å². The van der Waals surface area contributed by atoms with Gasteiger partial charge in [-0.25, -0.2) is 18.2 Å². The molecule has 32 heavy (non-hydrogen) atoms. The first-order valence-corrected chi connectivity index (χ1v) is 10.7. The Kier molecular flexibility index (Phi) is 6.61. The van der Waals surface area contributed by atoms with Gasteiger partial charge in [0.05, 0.1) is 18.6 Å². The van der Waals surface area contributed by atoms with E-state index in [-0.39, 0.29) is 17.5 Å². The van der Waals surface area contributed by atoms with Crippen molar-refractivity contribution in [2.45, 2.75) is 11.4 Å². The number of hydrogen-bond donors (Lipinski definition) is 1. The Morgan fingerprint density at radius 3 is 2.41 bits per heavy atom. The van der Waals surface area contributed by atoms with E-state index in [0.29, 0.717) is 28.5 Å². The van der Waals surface area contributed by atoms with Crippen molar-refractivity contribution in [2.24, 2.45) is 0 Å². The number of thioether (sulfide) groups is 1.